The lowest BCUT2D eigenvalue weighted by molar-refractivity contribution is -0.118. The van der Waals surface area contributed by atoms with E-state index >= 15 is 0 Å². The molecular formula is C19H22N6O4. The molecule has 0 radical (unpaired) electrons. The van der Waals surface area contributed by atoms with Gasteiger partial charge in [0.05, 0.1) is 10.9 Å². The van der Waals surface area contributed by atoms with Crippen LogP contribution in [0.2, 0.25) is 0 Å². The third kappa shape index (κ3) is 3.56. The maximum atomic E-state index is 12.9. The number of primary amides is 1. The Morgan fingerprint density at radius 1 is 1.34 bits per heavy atom. The number of carbonyl (C=O) groups is 2. The summed E-state index contributed by atoms with van der Waals surface area (Å²) in [7, 11) is 0. The third-order valence-corrected chi connectivity index (χ3v) is 4.65. The molecule has 1 atom stereocenters. The first-order valence-electron chi connectivity index (χ1n) is 9.14. The predicted molar refractivity (Wildman–Crippen MR) is 108 cm³/mol. The number of nitrogens with one attached hydrogen (secondary N) is 1. The Morgan fingerprint density at radius 2 is 2.07 bits per heavy atom. The van der Waals surface area contributed by atoms with Crippen molar-refractivity contribution in [2.75, 3.05) is 0 Å². The number of aromatic nitrogens is 4. The minimum atomic E-state index is -0.744. The molecule has 2 heterocycles. The van der Waals surface area contributed by atoms with Crippen molar-refractivity contribution in [3.05, 3.63) is 57.3 Å². The van der Waals surface area contributed by atoms with Crippen LogP contribution in [0.3, 0.4) is 0 Å². The lowest BCUT2D eigenvalue weighted by Gasteiger charge is -2.12. The minimum absolute atomic E-state index is 0.0279. The van der Waals surface area contributed by atoms with Crippen molar-refractivity contribution >= 4 is 28.5 Å². The molecule has 0 saturated carbocycles. The van der Waals surface area contributed by atoms with Gasteiger partial charge in [-0.3, -0.25) is 19.0 Å². The number of rotatable bonds is 7. The molecule has 0 aliphatic carbocycles. The van der Waals surface area contributed by atoms with E-state index in [0.29, 0.717) is 5.56 Å². The standard InChI is InChI=1S/C19H22N6O4/c1-4-8-23-17(28)13-7-6-12(16(27)21-11(3)5-2)9-14(13)25-18(23)22-24(19(25)29)10-15(20)26/h4,6-7,9,11H,1,5,8,10H2,2-3H3,(H2,20,26)(H,21,27)/t11-/m0/s1. The minimum Gasteiger partial charge on any atom is -0.368 e. The molecule has 3 N–H and O–H groups in total. The fourth-order valence-electron chi connectivity index (χ4n) is 3.01. The molecule has 10 heteroatoms. The summed E-state index contributed by atoms with van der Waals surface area (Å²) in [5.74, 6) is -1.03. The molecule has 0 saturated heterocycles. The van der Waals surface area contributed by atoms with Gasteiger partial charge in [-0.15, -0.1) is 11.7 Å². The van der Waals surface area contributed by atoms with Crippen LogP contribution in [0.5, 0.6) is 0 Å². The van der Waals surface area contributed by atoms with Crippen molar-refractivity contribution in [1.82, 2.24) is 24.1 Å². The van der Waals surface area contributed by atoms with Crippen molar-refractivity contribution in [2.24, 2.45) is 5.73 Å². The quantitative estimate of drug-likeness (QED) is 0.541. The number of allylic oxidation sites excluding steroid dienone is 1. The van der Waals surface area contributed by atoms with E-state index in [2.05, 4.69) is 17.0 Å². The van der Waals surface area contributed by atoms with Gasteiger partial charge in [0, 0.05) is 18.2 Å². The van der Waals surface area contributed by atoms with Crippen molar-refractivity contribution < 1.29 is 9.59 Å². The fourth-order valence-corrected chi connectivity index (χ4v) is 3.01. The zero-order valence-corrected chi connectivity index (χ0v) is 16.2. The molecule has 1 aromatic carbocycles. The topological polar surface area (TPSA) is 133 Å². The van der Waals surface area contributed by atoms with Gasteiger partial charge in [-0.25, -0.2) is 13.9 Å². The summed E-state index contributed by atoms with van der Waals surface area (Å²) in [6, 6.07) is 4.47. The highest BCUT2D eigenvalue weighted by atomic mass is 16.2. The first-order chi connectivity index (χ1) is 13.8. The molecule has 152 valence electrons. The highest BCUT2D eigenvalue weighted by molar-refractivity contribution is 5.98. The summed E-state index contributed by atoms with van der Waals surface area (Å²) < 4.78 is 3.36. The fraction of sp³-hybridized carbons (Fsp3) is 0.316. The second-order valence-corrected chi connectivity index (χ2v) is 6.76. The third-order valence-electron chi connectivity index (χ3n) is 4.65. The van der Waals surface area contributed by atoms with Crippen LogP contribution in [0, 0.1) is 0 Å². The van der Waals surface area contributed by atoms with Crippen LogP contribution >= 0.6 is 0 Å². The maximum Gasteiger partial charge on any atom is 0.352 e. The average molecular weight is 398 g/mol. The molecular weight excluding hydrogens is 376 g/mol. The monoisotopic (exact) mass is 398 g/mol. The van der Waals surface area contributed by atoms with Crippen molar-refractivity contribution in [2.45, 2.75) is 39.4 Å². The molecule has 0 fully saturated rings. The molecule has 2 amide bonds. The lowest BCUT2D eigenvalue weighted by atomic mass is 10.1. The van der Waals surface area contributed by atoms with Gasteiger partial charge in [-0.2, -0.15) is 0 Å². The molecule has 3 rings (SSSR count). The van der Waals surface area contributed by atoms with E-state index in [9.17, 15) is 19.2 Å². The molecule has 0 bridgehead atoms. The predicted octanol–water partition coefficient (Wildman–Crippen LogP) is 0.0105. The van der Waals surface area contributed by atoms with Crippen LogP contribution in [0.15, 0.2) is 40.4 Å². The number of hydrogen-bond donors (Lipinski definition) is 2. The Balaban J connectivity index is 2.34. The van der Waals surface area contributed by atoms with Gasteiger partial charge in [0.15, 0.2) is 0 Å². The molecule has 3 aromatic rings. The van der Waals surface area contributed by atoms with Crippen molar-refractivity contribution in [3.8, 4) is 0 Å². The number of carbonyl (C=O) groups excluding carboxylic acids is 2. The Labute approximate surface area is 165 Å². The van der Waals surface area contributed by atoms with E-state index in [1.54, 1.807) is 0 Å². The van der Waals surface area contributed by atoms with Crippen LogP contribution < -0.4 is 22.3 Å². The first-order valence-corrected chi connectivity index (χ1v) is 9.14. The van der Waals surface area contributed by atoms with Crippen LogP contribution in [0.4, 0.5) is 0 Å². The van der Waals surface area contributed by atoms with Crippen molar-refractivity contribution in [3.63, 3.8) is 0 Å². The van der Waals surface area contributed by atoms with E-state index in [1.165, 1.54) is 33.2 Å². The van der Waals surface area contributed by atoms with Gasteiger partial charge < -0.3 is 11.1 Å². The largest absolute Gasteiger partial charge is 0.368 e. The first kappa shape index (κ1) is 20.1. The van der Waals surface area contributed by atoms with E-state index in [4.69, 9.17) is 5.73 Å². The Morgan fingerprint density at radius 3 is 2.69 bits per heavy atom. The van der Waals surface area contributed by atoms with Crippen LogP contribution in [-0.2, 0) is 17.9 Å². The molecule has 10 nitrogen and oxygen atoms in total. The second-order valence-electron chi connectivity index (χ2n) is 6.76. The van der Waals surface area contributed by atoms with Gasteiger partial charge >= 0.3 is 5.69 Å². The maximum absolute atomic E-state index is 12.9. The lowest BCUT2D eigenvalue weighted by Crippen LogP contribution is -2.32. The molecule has 0 aliphatic heterocycles. The summed E-state index contributed by atoms with van der Waals surface area (Å²) in [5, 5.41) is 7.18. The van der Waals surface area contributed by atoms with Crippen LogP contribution in [0.1, 0.15) is 30.6 Å². The summed E-state index contributed by atoms with van der Waals surface area (Å²) >= 11 is 0. The molecule has 29 heavy (non-hydrogen) atoms. The number of amides is 2. The highest BCUT2D eigenvalue weighted by Gasteiger charge is 2.19. The number of nitrogens with two attached hydrogens (primary N) is 1. The van der Waals surface area contributed by atoms with E-state index in [1.807, 2.05) is 13.8 Å². The summed E-state index contributed by atoms with van der Waals surface area (Å²) in [6.45, 7) is 7.13. The number of hydrogen-bond acceptors (Lipinski definition) is 5. The zero-order valence-electron chi connectivity index (χ0n) is 16.2. The summed E-state index contributed by atoms with van der Waals surface area (Å²) in [4.78, 5) is 49.6. The van der Waals surface area contributed by atoms with Crippen LogP contribution in [-0.4, -0.2) is 36.6 Å². The van der Waals surface area contributed by atoms with Gasteiger partial charge in [0.1, 0.15) is 6.54 Å². The van der Waals surface area contributed by atoms with Crippen molar-refractivity contribution in [1.29, 1.82) is 0 Å². The van der Waals surface area contributed by atoms with E-state index in [-0.39, 0.29) is 35.2 Å². The van der Waals surface area contributed by atoms with Gasteiger partial charge in [0.25, 0.3) is 11.5 Å². The Hall–Kier alpha value is -3.69. The molecule has 0 spiro atoms. The summed E-state index contributed by atoms with van der Waals surface area (Å²) in [6.07, 6.45) is 2.26. The average Bonchev–Trinajstić information content (AvgIpc) is 3.00. The van der Waals surface area contributed by atoms with E-state index in [0.717, 1.165) is 11.1 Å². The smallest absolute Gasteiger partial charge is 0.352 e. The number of nitrogens with zero attached hydrogens (tertiary/aromatic N) is 4. The van der Waals surface area contributed by atoms with Crippen LogP contribution in [0.25, 0.3) is 16.7 Å². The Bertz CT molecular complexity index is 1250. The van der Waals surface area contributed by atoms with Gasteiger partial charge in [-0.05, 0) is 31.5 Å². The number of benzene rings is 1. The SMILES string of the molecule is C=CCn1c(=O)c2ccc(C(=O)N[C@@H](C)CC)cc2n2c(=O)n(CC(N)=O)nc12. The van der Waals surface area contributed by atoms with Gasteiger partial charge in [0.2, 0.25) is 11.7 Å². The molecule has 0 aliphatic rings. The summed E-state index contributed by atoms with van der Waals surface area (Å²) in [5.41, 5.74) is 4.69. The zero-order chi connectivity index (χ0) is 21.3. The Kier molecular flexibility index (Phi) is 5.35. The number of fused-ring (bicyclic) bond motifs is 3. The van der Waals surface area contributed by atoms with Gasteiger partial charge in [-0.1, -0.05) is 13.0 Å². The molecule has 0 unspecified atom stereocenters. The highest BCUT2D eigenvalue weighted by Crippen LogP contribution is 2.14. The second kappa shape index (κ2) is 7.74. The normalized spacial score (nSPS) is 12.2. The molecule has 2 aromatic heterocycles. The van der Waals surface area contributed by atoms with E-state index < -0.39 is 23.7 Å².